The maximum atomic E-state index is 14.0. The number of hydrogen-bond donors (Lipinski definition) is 1. The van der Waals surface area contributed by atoms with Crippen LogP contribution in [0, 0.1) is 5.92 Å². The third-order valence-corrected chi connectivity index (χ3v) is 11.0. The van der Waals surface area contributed by atoms with Crippen LogP contribution in [0.5, 0.6) is 0 Å². The lowest BCUT2D eigenvalue weighted by atomic mass is 9.86. The van der Waals surface area contributed by atoms with E-state index in [1.807, 2.05) is 66.7 Å². The lowest BCUT2D eigenvalue weighted by Crippen LogP contribution is -2.27. The van der Waals surface area contributed by atoms with E-state index in [9.17, 15) is 14.4 Å². The Hall–Kier alpha value is -4.22. The minimum absolute atomic E-state index is 0.0620. The number of carbonyl (C=O) groups excluding carboxylic acids is 3. The van der Waals surface area contributed by atoms with Gasteiger partial charge in [-0.1, -0.05) is 98.1 Å². The number of benzene rings is 3. The predicted molar refractivity (Wildman–Crippen MR) is 162 cm³/mol. The summed E-state index contributed by atoms with van der Waals surface area (Å²) in [5, 5.41) is 1.77. The van der Waals surface area contributed by atoms with Crippen molar-refractivity contribution < 1.29 is 23.9 Å². The largest absolute Gasteiger partial charge is 0.466 e. The quantitative estimate of drug-likeness (QED) is 0.161. The second kappa shape index (κ2) is 13.9. The van der Waals surface area contributed by atoms with Gasteiger partial charge in [0.1, 0.15) is 0 Å². The highest BCUT2D eigenvalue weighted by molar-refractivity contribution is 7.85. The Bertz CT molecular complexity index is 1450. The molecule has 1 amide bonds. The summed E-state index contributed by atoms with van der Waals surface area (Å²) in [6.07, 6.45) is 5.80. The molecule has 1 fully saturated rings. The molecule has 1 aliphatic carbocycles. The van der Waals surface area contributed by atoms with Gasteiger partial charge in [0.25, 0.3) is 5.91 Å². The van der Waals surface area contributed by atoms with Gasteiger partial charge in [-0.25, -0.2) is 14.3 Å². The fourth-order valence-electron chi connectivity index (χ4n) is 5.27. The first-order chi connectivity index (χ1) is 19.9. The summed E-state index contributed by atoms with van der Waals surface area (Å²) in [7, 11) is -0.905. The van der Waals surface area contributed by atoms with Crippen LogP contribution in [0.4, 0.5) is 0 Å². The van der Waals surface area contributed by atoms with Crippen molar-refractivity contribution in [3.05, 3.63) is 119 Å². The van der Waals surface area contributed by atoms with Gasteiger partial charge < -0.3 is 15.2 Å². The molecular formula is C33H35N2O5P. The summed E-state index contributed by atoms with van der Waals surface area (Å²) in [5.74, 6) is -2.03. The minimum atomic E-state index is -3.39. The van der Waals surface area contributed by atoms with Crippen LogP contribution in [-0.4, -0.2) is 32.1 Å². The Labute approximate surface area is 241 Å². The SMILES string of the molecule is COC(=O)/C=C(C(=O)OC)/C(=C(/N)C1CCCCC1)P(=NC(=O)c1ccccc1)(c1ccccc1)c1ccccc1. The topological polar surface area (TPSA) is 108 Å². The number of nitrogens with two attached hydrogens (primary N) is 1. The Morgan fingerprint density at radius 1 is 0.780 bits per heavy atom. The first-order valence-corrected chi connectivity index (χ1v) is 15.4. The van der Waals surface area contributed by atoms with E-state index in [0.29, 0.717) is 27.2 Å². The predicted octanol–water partition coefficient (Wildman–Crippen LogP) is 5.70. The first kappa shape index (κ1) is 29.8. The molecule has 0 unspecified atom stereocenters. The maximum absolute atomic E-state index is 14.0. The number of carbonyl (C=O) groups is 3. The molecular weight excluding hydrogens is 535 g/mol. The van der Waals surface area contributed by atoms with Crippen molar-refractivity contribution in [1.82, 2.24) is 0 Å². The van der Waals surface area contributed by atoms with Gasteiger partial charge in [-0.05, 0) is 30.9 Å². The molecule has 4 rings (SSSR count). The van der Waals surface area contributed by atoms with Crippen molar-refractivity contribution in [2.45, 2.75) is 32.1 Å². The molecule has 41 heavy (non-hydrogen) atoms. The van der Waals surface area contributed by atoms with Crippen LogP contribution in [0.25, 0.3) is 0 Å². The van der Waals surface area contributed by atoms with Crippen molar-refractivity contribution in [3.8, 4) is 0 Å². The average molecular weight is 571 g/mol. The number of allylic oxidation sites excluding steroid dienone is 1. The van der Waals surface area contributed by atoms with E-state index in [2.05, 4.69) is 0 Å². The van der Waals surface area contributed by atoms with Gasteiger partial charge in [0, 0.05) is 33.3 Å². The molecule has 0 bridgehead atoms. The normalized spacial score (nSPS) is 14.9. The van der Waals surface area contributed by atoms with Crippen molar-refractivity contribution in [3.63, 3.8) is 0 Å². The first-order valence-electron chi connectivity index (χ1n) is 13.6. The van der Waals surface area contributed by atoms with Crippen LogP contribution in [-0.2, 0) is 19.1 Å². The Kier molecular flexibility index (Phi) is 10.1. The minimum Gasteiger partial charge on any atom is -0.466 e. The highest BCUT2D eigenvalue weighted by Crippen LogP contribution is 2.60. The molecule has 0 heterocycles. The van der Waals surface area contributed by atoms with Crippen LogP contribution in [0.15, 0.2) is 118 Å². The molecule has 7 nitrogen and oxygen atoms in total. The molecule has 0 atom stereocenters. The standard InChI is InChI=1S/C33H35N2O5P/c1-39-29(36)23-28(33(38)40-2)31(30(34)24-15-7-3-8-16-24)41(26-19-11-5-12-20-26,27-21-13-6-14-22-27)35-32(37)25-17-9-4-10-18-25/h4-6,9-14,17-24H,3,7-8,15-16,34H2,1-2H3/b28-23-,31-30-. The van der Waals surface area contributed by atoms with Gasteiger partial charge in [-0.2, -0.15) is 0 Å². The second-order valence-corrected chi connectivity index (χ2v) is 12.7. The maximum Gasteiger partial charge on any atom is 0.338 e. The van der Waals surface area contributed by atoms with E-state index >= 15 is 0 Å². The fourth-order valence-corrected chi connectivity index (χ4v) is 9.07. The van der Waals surface area contributed by atoms with E-state index in [1.165, 1.54) is 14.2 Å². The van der Waals surface area contributed by atoms with Crippen LogP contribution in [0.1, 0.15) is 42.5 Å². The van der Waals surface area contributed by atoms with E-state index < -0.39 is 24.9 Å². The molecule has 1 aliphatic rings. The molecule has 8 heteroatoms. The van der Waals surface area contributed by atoms with Crippen molar-refractivity contribution in [2.24, 2.45) is 16.4 Å². The van der Waals surface area contributed by atoms with E-state index in [1.54, 1.807) is 24.3 Å². The molecule has 0 aromatic heterocycles. The smallest absolute Gasteiger partial charge is 0.338 e. The molecule has 3 aromatic carbocycles. The summed E-state index contributed by atoms with van der Waals surface area (Å²) >= 11 is 0. The van der Waals surface area contributed by atoms with Crippen molar-refractivity contribution in [1.29, 1.82) is 0 Å². The van der Waals surface area contributed by atoms with Gasteiger partial charge in [0.05, 0.1) is 26.8 Å². The molecule has 0 spiro atoms. The molecule has 3 aromatic rings. The van der Waals surface area contributed by atoms with Gasteiger partial charge >= 0.3 is 11.9 Å². The summed E-state index contributed by atoms with van der Waals surface area (Å²) < 4.78 is 15.2. The number of amides is 1. The molecule has 1 saturated carbocycles. The van der Waals surface area contributed by atoms with E-state index in [4.69, 9.17) is 20.0 Å². The van der Waals surface area contributed by atoms with Crippen LogP contribution < -0.4 is 16.3 Å². The Morgan fingerprint density at radius 3 is 1.78 bits per heavy atom. The van der Waals surface area contributed by atoms with Gasteiger partial charge in [0.15, 0.2) is 0 Å². The molecule has 2 N–H and O–H groups in total. The van der Waals surface area contributed by atoms with E-state index in [0.717, 1.165) is 38.2 Å². The number of esters is 2. The lowest BCUT2D eigenvalue weighted by Gasteiger charge is -2.33. The van der Waals surface area contributed by atoms with Gasteiger partial charge in [0.2, 0.25) is 0 Å². The molecule has 0 saturated heterocycles. The number of hydrogen-bond acceptors (Lipinski definition) is 6. The monoisotopic (exact) mass is 570 g/mol. The van der Waals surface area contributed by atoms with Gasteiger partial charge in [-0.15, -0.1) is 0 Å². The zero-order chi connectivity index (χ0) is 29.2. The molecule has 212 valence electrons. The average Bonchev–Trinajstić information content (AvgIpc) is 3.04. The number of rotatable bonds is 8. The third-order valence-electron chi connectivity index (χ3n) is 7.29. The van der Waals surface area contributed by atoms with Crippen molar-refractivity contribution >= 4 is 35.5 Å². The van der Waals surface area contributed by atoms with Crippen molar-refractivity contribution in [2.75, 3.05) is 14.2 Å². The van der Waals surface area contributed by atoms with Crippen LogP contribution >= 0.6 is 7.05 Å². The summed E-state index contributed by atoms with van der Waals surface area (Å²) in [5.41, 5.74) is 7.89. The van der Waals surface area contributed by atoms with E-state index in [-0.39, 0.29) is 11.5 Å². The Balaban J connectivity index is 2.24. The number of ether oxygens (including phenoxy) is 2. The zero-order valence-electron chi connectivity index (χ0n) is 23.4. The molecule has 0 aliphatic heterocycles. The Morgan fingerprint density at radius 2 is 1.29 bits per heavy atom. The van der Waals surface area contributed by atoms with Crippen LogP contribution in [0.3, 0.4) is 0 Å². The van der Waals surface area contributed by atoms with Gasteiger partial charge in [-0.3, -0.25) is 4.79 Å². The highest BCUT2D eigenvalue weighted by atomic mass is 31.2. The third kappa shape index (κ3) is 6.58. The molecule has 0 radical (unpaired) electrons. The summed E-state index contributed by atoms with van der Waals surface area (Å²) in [4.78, 5) is 40.3. The second-order valence-electron chi connectivity index (χ2n) is 9.79. The number of methoxy groups -OCH3 is 2. The van der Waals surface area contributed by atoms with Crippen LogP contribution in [0.2, 0.25) is 0 Å². The summed E-state index contributed by atoms with van der Waals surface area (Å²) in [6.45, 7) is 0. The zero-order valence-corrected chi connectivity index (χ0v) is 24.3. The lowest BCUT2D eigenvalue weighted by molar-refractivity contribution is -0.138. The fraction of sp³-hybridized carbons (Fsp3) is 0.242. The highest BCUT2D eigenvalue weighted by Gasteiger charge is 2.39. The summed E-state index contributed by atoms with van der Waals surface area (Å²) in [6, 6.07) is 27.6. The number of nitrogens with zero attached hydrogens (tertiary/aromatic N) is 1.